The van der Waals surface area contributed by atoms with Crippen molar-refractivity contribution in [1.29, 1.82) is 0 Å². The van der Waals surface area contributed by atoms with Crippen LogP contribution in [-0.2, 0) is 10.0 Å². The SMILES string of the molecule is O=S(=O)(N[C@@H](c1ccccc1)[C@@H](NCl)c1ccccc1)c1cccc2ccccc12. The van der Waals surface area contributed by atoms with Gasteiger partial charge in [-0.1, -0.05) is 97.1 Å². The lowest BCUT2D eigenvalue weighted by Gasteiger charge is -2.28. The van der Waals surface area contributed by atoms with Crippen molar-refractivity contribution < 1.29 is 8.42 Å². The number of nitrogens with one attached hydrogen (secondary N) is 2. The van der Waals surface area contributed by atoms with E-state index in [4.69, 9.17) is 11.8 Å². The van der Waals surface area contributed by atoms with Crippen LogP contribution in [0.2, 0.25) is 0 Å². The molecule has 0 aliphatic carbocycles. The van der Waals surface area contributed by atoms with E-state index in [2.05, 4.69) is 9.56 Å². The Morgan fingerprint density at radius 3 is 1.80 bits per heavy atom. The average Bonchev–Trinajstić information content (AvgIpc) is 2.80. The fraction of sp³-hybridized carbons (Fsp3) is 0.0833. The van der Waals surface area contributed by atoms with Gasteiger partial charge in [0.25, 0.3) is 0 Å². The molecule has 0 spiro atoms. The smallest absolute Gasteiger partial charge is 0.224 e. The molecule has 0 aliphatic heterocycles. The number of fused-ring (bicyclic) bond motifs is 1. The number of rotatable bonds is 7. The Morgan fingerprint density at radius 1 is 0.633 bits per heavy atom. The van der Waals surface area contributed by atoms with E-state index in [0.29, 0.717) is 5.39 Å². The second-order valence-corrected chi connectivity index (χ2v) is 8.89. The second kappa shape index (κ2) is 8.98. The Kier molecular flexibility index (Phi) is 6.16. The first-order chi connectivity index (χ1) is 14.6. The summed E-state index contributed by atoms with van der Waals surface area (Å²) < 4.78 is 29.9. The van der Waals surface area contributed by atoms with Gasteiger partial charge in [0, 0.05) is 5.39 Å². The zero-order chi connectivity index (χ0) is 21.0. The molecule has 152 valence electrons. The van der Waals surface area contributed by atoms with Crippen LogP contribution in [0.4, 0.5) is 0 Å². The minimum absolute atomic E-state index is 0.239. The topological polar surface area (TPSA) is 58.2 Å². The summed E-state index contributed by atoms with van der Waals surface area (Å²) in [5.41, 5.74) is 1.69. The van der Waals surface area contributed by atoms with E-state index in [1.54, 1.807) is 12.1 Å². The third-order valence-corrected chi connectivity index (χ3v) is 6.82. The van der Waals surface area contributed by atoms with Crippen molar-refractivity contribution in [3.05, 3.63) is 114 Å². The molecule has 0 saturated carbocycles. The summed E-state index contributed by atoms with van der Waals surface area (Å²) in [5, 5.41) is 1.54. The largest absolute Gasteiger partial charge is 0.241 e. The molecule has 0 fully saturated rings. The minimum Gasteiger partial charge on any atom is -0.224 e. The van der Waals surface area contributed by atoms with Gasteiger partial charge in [0.2, 0.25) is 10.0 Å². The zero-order valence-electron chi connectivity index (χ0n) is 16.1. The van der Waals surface area contributed by atoms with Crippen molar-refractivity contribution in [2.45, 2.75) is 17.0 Å². The van der Waals surface area contributed by atoms with Gasteiger partial charge >= 0.3 is 0 Å². The van der Waals surface area contributed by atoms with Gasteiger partial charge in [0.1, 0.15) is 0 Å². The normalized spacial score (nSPS) is 13.8. The molecule has 0 saturated heterocycles. The van der Waals surface area contributed by atoms with Crippen LogP contribution in [-0.4, -0.2) is 8.42 Å². The highest BCUT2D eigenvalue weighted by atomic mass is 35.5. The number of benzene rings is 4. The van der Waals surface area contributed by atoms with Crippen LogP contribution in [0.1, 0.15) is 23.2 Å². The molecule has 0 unspecified atom stereocenters. The first-order valence-electron chi connectivity index (χ1n) is 9.56. The zero-order valence-corrected chi connectivity index (χ0v) is 17.6. The molecule has 4 nitrogen and oxygen atoms in total. The summed E-state index contributed by atoms with van der Waals surface area (Å²) in [7, 11) is -3.85. The number of halogens is 1. The molecule has 4 rings (SSSR count). The van der Waals surface area contributed by atoms with Crippen molar-refractivity contribution in [1.82, 2.24) is 9.56 Å². The van der Waals surface area contributed by atoms with Crippen LogP contribution in [0.25, 0.3) is 10.8 Å². The molecule has 0 amide bonds. The molecule has 2 atom stereocenters. The van der Waals surface area contributed by atoms with Gasteiger partial charge in [-0.3, -0.25) is 0 Å². The van der Waals surface area contributed by atoms with E-state index < -0.39 is 22.1 Å². The first-order valence-corrected chi connectivity index (χ1v) is 11.4. The maximum atomic E-state index is 13.5. The van der Waals surface area contributed by atoms with Gasteiger partial charge < -0.3 is 0 Å². The van der Waals surface area contributed by atoms with Crippen molar-refractivity contribution >= 4 is 32.6 Å². The third-order valence-electron chi connectivity index (χ3n) is 5.09. The highest BCUT2D eigenvalue weighted by Gasteiger charge is 2.30. The lowest BCUT2D eigenvalue weighted by molar-refractivity contribution is 0.482. The minimum atomic E-state index is -3.85. The van der Waals surface area contributed by atoms with Crippen molar-refractivity contribution in [2.24, 2.45) is 0 Å². The van der Waals surface area contributed by atoms with E-state index in [1.165, 1.54) is 0 Å². The molecular weight excluding hydrogens is 416 g/mol. The molecule has 6 heteroatoms. The fourth-order valence-corrected chi connectivity index (χ4v) is 5.35. The van der Waals surface area contributed by atoms with Gasteiger partial charge in [-0.2, -0.15) is 0 Å². The first kappa shape index (κ1) is 20.6. The van der Waals surface area contributed by atoms with E-state index in [1.807, 2.05) is 91.0 Å². The number of sulfonamides is 1. The predicted octanol–water partition coefficient (Wildman–Crippen LogP) is 5.34. The van der Waals surface area contributed by atoms with Crippen molar-refractivity contribution in [2.75, 3.05) is 0 Å². The van der Waals surface area contributed by atoms with Crippen molar-refractivity contribution in [3.8, 4) is 0 Å². The molecule has 0 radical (unpaired) electrons. The van der Waals surface area contributed by atoms with Crippen molar-refractivity contribution in [3.63, 3.8) is 0 Å². The van der Waals surface area contributed by atoms with Crippen LogP contribution in [0, 0.1) is 0 Å². The van der Waals surface area contributed by atoms with E-state index in [0.717, 1.165) is 16.5 Å². The summed E-state index contributed by atoms with van der Waals surface area (Å²) >= 11 is 6.13. The van der Waals surface area contributed by atoms with Gasteiger partial charge in [-0.05, 0) is 34.4 Å². The summed E-state index contributed by atoms with van der Waals surface area (Å²) in [4.78, 5) is 3.01. The third kappa shape index (κ3) is 4.25. The number of hydrogen-bond donors (Lipinski definition) is 2. The predicted molar refractivity (Wildman–Crippen MR) is 122 cm³/mol. The quantitative estimate of drug-likeness (QED) is 0.384. The van der Waals surface area contributed by atoms with Crippen LogP contribution in [0.15, 0.2) is 108 Å². The fourth-order valence-electron chi connectivity index (χ4n) is 3.63. The molecule has 2 N–H and O–H groups in total. The Balaban J connectivity index is 1.80. The van der Waals surface area contributed by atoms with E-state index in [9.17, 15) is 8.42 Å². The lowest BCUT2D eigenvalue weighted by Crippen LogP contribution is -2.36. The average molecular weight is 437 g/mol. The standard InChI is InChI=1S/C24H21ClN2O2S/c25-26-23(19-11-3-1-4-12-19)24(20-13-5-2-6-14-20)27-30(28,29)22-17-9-15-18-10-7-8-16-21(18)22/h1-17,23-24,26-27H/t23-,24-/m0/s1. The van der Waals surface area contributed by atoms with Gasteiger partial charge in [0.05, 0.1) is 17.0 Å². The summed E-state index contributed by atoms with van der Waals surface area (Å²) in [6.45, 7) is 0. The second-order valence-electron chi connectivity index (χ2n) is 6.98. The van der Waals surface area contributed by atoms with Crippen LogP contribution in [0.5, 0.6) is 0 Å². The molecular formula is C24H21ClN2O2S. The molecule has 30 heavy (non-hydrogen) atoms. The summed E-state index contributed by atoms with van der Waals surface area (Å²) in [5.74, 6) is 0. The monoisotopic (exact) mass is 436 g/mol. The van der Waals surface area contributed by atoms with Gasteiger partial charge in [-0.15, -0.1) is 0 Å². The highest BCUT2D eigenvalue weighted by molar-refractivity contribution is 7.89. The van der Waals surface area contributed by atoms with Gasteiger partial charge in [0.15, 0.2) is 0 Å². The molecule has 0 aliphatic rings. The summed E-state index contributed by atoms with van der Waals surface area (Å²) in [6.07, 6.45) is 0. The molecule has 4 aromatic rings. The van der Waals surface area contributed by atoms with Crippen LogP contribution >= 0.6 is 11.8 Å². The Labute approximate surface area is 181 Å². The van der Waals surface area contributed by atoms with E-state index >= 15 is 0 Å². The Bertz CT molecular complexity index is 1230. The molecule has 0 bridgehead atoms. The Morgan fingerprint density at radius 2 is 1.17 bits per heavy atom. The van der Waals surface area contributed by atoms with Crippen LogP contribution in [0.3, 0.4) is 0 Å². The summed E-state index contributed by atoms with van der Waals surface area (Å²) in [6, 6.07) is 30.6. The van der Waals surface area contributed by atoms with Gasteiger partial charge in [-0.25, -0.2) is 18.0 Å². The highest BCUT2D eigenvalue weighted by Crippen LogP contribution is 2.32. The molecule has 0 aromatic heterocycles. The van der Waals surface area contributed by atoms with E-state index in [-0.39, 0.29) is 4.90 Å². The Hall–Kier alpha value is -2.70. The number of hydrogen-bond acceptors (Lipinski definition) is 3. The molecule has 0 heterocycles. The van der Waals surface area contributed by atoms with Crippen LogP contribution < -0.4 is 9.56 Å². The lowest BCUT2D eigenvalue weighted by atomic mass is 9.95. The maximum absolute atomic E-state index is 13.5. The maximum Gasteiger partial charge on any atom is 0.241 e. The molecule has 4 aromatic carbocycles.